The molecule has 0 aliphatic rings. The highest BCUT2D eigenvalue weighted by molar-refractivity contribution is 6.33. The lowest BCUT2D eigenvalue weighted by Gasteiger charge is -2.26. The highest BCUT2D eigenvalue weighted by Crippen LogP contribution is 2.20. The zero-order valence-electron chi connectivity index (χ0n) is 12.5. The first-order valence-electron chi connectivity index (χ1n) is 6.39. The van der Waals surface area contributed by atoms with E-state index in [2.05, 4.69) is 30.7 Å². The lowest BCUT2D eigenvalue weighted by Crippen LogP contribution is -2.35. The van der Waals surface area contributed by atoms with Crippen LogP contribution in [0.1, 0.15) is 56.8 Å². The molecule has 1 aromatic rings. The molecular weight excluding hydrogens is 262 g/mol. The number of hydrogen-bond acceptors (Lipinski definition) is 3. The summed E-state index contributed by atoms with van der Waals surface area (Å²) < 4.78 is 0. The van der Waals surface area contributed by atoms with Crippen LogP contribution in [0.25, 0.3) is 0 Å². The molecular formula is C14H22ClN3O. The normalized spacial score (nSPS) is 11.8. The van der Waals surface area contributed by atoms with Gasteiger partial charge in [-0.05, 0) is 5.41 Å². The van der Waals surface area contributed by atoms with Crippen molar-refractivity contribution in [3.8, 4) is 0 Å². The number of halogens is 1. The average molecular weight is 284 g/mol. The number of rotatable bonds is 3. The third-order valence-electron chi connectivity index (χ3n) is 2.54. The van der Waals surface area contributed by atoms with Crippen molar-refractivity contribution >= 4 is 17.5 Å². The fourth-order valence-electron chi connectivity index (χ4n) is 1.77. The van der Waals surface area contributed by atoms with E-state index in [1.54, 1.807) is 11.9 Å². The second-order valence-corrected chi connectivity index (χ2v) is 6.71. The molecule has 0 saturated heterocycles. The largest absolute Gasteiger partial charge is 0.340 e. The molecule has 0 aliphatic heterocycles. The first kappa shape index (κ1) is 15.9. The Morgan fingerprint density at radius 2 is 2.00 bits per heavy atom. The van der Waals surface area contributed by atoms with E-state index in [1.165, 1.54) is 6.20 Å². The summed E-state index contributed by atoms with van der Waals surface area (Å²) in [5, 5.41) is 0.301. The van der Waals surface area contributed by atoms with Gasteiger partial charge < -0.3 is 4.90 Å². The number of carbonyl (C=O) groups excluding carboxylic acids is 1. The topological polar surface area (TPSA) is 46.1 Å². The van der Waals surface area contributed by atoms with E-state index >= 15 is 0 Å². The molecule has 0 saturated carbocycles. The predicted molar refractivity (Wildman–Crippen MR) is 77.5 cm³/mol. The Morgan fingerprint density at radius 3 is 2.47 bits per heavy atom. The summed E-state index contributed by atoms with van der Waals surface area (Å²) in [7, 11) is 1.76. The average Bonchev–Trinajstić information content (AvgIpc) is 2.26. The minimum Gasteiger partial charge on any atom is -0.340 e. The van der Waals surface area contributed by atoms with Crippen LogP contribution in [-0.4, -0.2) is 34.4 Å². The molecule has 1 amide bonds. The van der Waals surface area contributed by atoms with E-state index in [4.69, 9.17) is 11.6 Å². The van der Waals surface area contributed by atoms with Gasteiger partial charge in [0.05, 0.1) is 11.2 Å². The number of amides is 1. The highest BCUT2D eigenvalue weighted by Gasteiger charge is 2.22. The van der Waals surface area contributed by atoms with E-state index < -0.39 is 0 Å². The zero-order chi connectivity index (χ0) is 14.8. The molecule has 106 valence electrons. The Balaban J connectivity index is 3.02. The molecule has 0 aromatic carbocycles. The Kier molecular flexibility index (Phi) is 4.91. The van der Waals surface area contributed by atoms with Crippen molar-refractivity contribution in [2.75, 3.05) is 13.6 Å². The molecule has 0 spiro atoms. The molecule has 0 bridgehead atoms. The van der Waals surface area contributed by atoms with Crippen LogP contribution in [0.3, 0.4) is 0 Å². The van der Waals surface area contributed by atoms with Crippen LogP contribution < -0.4 is 0 Å². The predicted octanol–water partition coefficient (Wildman–Crippen LogP) is 3.37. The molecule has 4 nitrogen and oxygen atoms in total. The molecule has 0 N–H and O–H groups in total. The van der Waals surface area contributed by atoms with Crippen LogP contribution >= 0.6 is 11.6 Å². The Labute approximate surface area is 120 Å². The third-order valence-corrected chi connectivity index (χ3v) is 2.82. The minimum atomic E-state index is -0.163. The van der Waals surface area contributed by atoms with Crippen molar-refractivity contribution in [3.63, 3.8) is 0 Å². The van der Waals surface area contributed by atoms with Gasteiger partial charge in [-0.25, -0.2) is 9.97 Å². The number of aromatic nitrogens is 2. The van der Waals surface area contributed by atoms with E-state index in [9.17, 15) is 4.79 Å². The van der Waals surface area contributed by atoms with Gasteiger partial charge in [-0.1, -0.05) is 46.2 Å². The van der Waals surface area contributed by atoms with Gasteiger partial charge in [-0.3, -0.25) is 4.79 Å². The van der Waals surface area contributed by atoms with Gasteiger partial charge in [0.1, 0.15) is 5.82 Å². The molecule has 0 unspecified atom stereocenters. The first-order valence-corrected chi connectivity index (χ1v) is 6.77. The second kappa shape index (κ2) is 5.87. The van der Waals surface area contributed by atoms with Gasteiger partial charge in [0.25, 0.3) is 5.91 Å². The molecule has 0 atom stereocenters. The molecule has 0 radical (unpaired) electrons. The van der Waals surface area contributed by atoms with Crippen molar-refractivity contribution in [2.24, 2.45) is 5.41 Å². The van der Waals surface area contributed by atoms with Crippen LogP contribution in [0.2, 0.25) is 5.02 Å². The van der Waals surface area contributed by atoms with Gasteiger partial charge in [0, 0.05) is 19.5 Å². The SMILES string of the molecule is CC(C)c1ncc(Cl)c(C(=O)N(C)CC(C)(C)C)n1. The fourth-order valence-corrected chi connectivity index (χ4v) is 1.94. The molecule has 1 heterocycles. The monoisotopic (exact) mass is 283 g/mol. The van der Waals surface area contributed by atoms with Gasteiger partial charge >= 0.3 is 0 Å². The number of hydrogen-bond donors (Lipinski definition) is 0. The summed E-state index contributed by atoms with van der Waals surface area (Å²) >= 11 is 6.04. The quantitative estimate of drug-likeness (QED) is 0.854. The van der Waals surface area contributed by atoms with E-state index in [1.807, 2.05) is 13.8 Å². The molecule has 19 heavy (non-hydrogen) atoms. The van der Waals surface area contributed by atoms with Crippen molar-refractivity contribution in [3.05, 3.63) is 22.7 Å². The zero-order valence-corrected chi connectivity index (χ0v) is 13.2. The van der Waals surface area contributed by atoms with Gasteiger partial charge in [0.2, 0.25) is 0 Å². The molecule has 1 rings (SSSR count). The van der Waals surface area contributed by atoms with Crippen molar-refractivity contribution < 1.29 is 4.79 Å². The molecule has 5 heteroatoms. The standard InChI is InChI=1S/C14H22ClN3O/c1-9(2)12-16-7-10(15)11(17-12)13(19)18(6)8-14(3,4)5/h7,9H,8H2,1-6H3. The summed E-state index contributed by atoms with van der Waals surface area (Å²) in [4.78, 5) is 22.4. The lowest BCUT2D eigenvalue weighted by atomic mass is 9.96. The molecule has 0 aliphatic carbocycles. The molecule has 0 fully saturated rings. The Morgan fingerprint density at radius 1 is 1.42 bits per heavy atom. The lowest BCUT2D eigenvalue weighted by molar-refractivity contribution is 0.0739. The first-order chi connectivity index (χ1) is 8.61. The van der Waals surface area contributed by atoms with Gasteiger partial charge in [0.15, 0.2) is 5.69 Å². The van der Waals surface area contributed by atoms with Crippen LogP contribution in [-0.2, 0) is 0 Å². The number of nitrogens with zero attached hydrogens (tertiary/aromatic N) is 3. The van der Waals surface area contributed by atoms with Crippen molar-refractivity contribution in [1.29, 1.82) is 0 Å². The Bertz CT molecular complexity index is 466. The van der Waals surface area contributed by atoms with Crippen molar-refractivity contribution in [2.45, 2.75) is 40.5 Å². The maximum Gasteiger partial charge on any atom is 0.273 e. The van der Waals surface area contributed by atoms with Crippen molar-refractivity contribution in [1.82, 2.24) is 14.9 Å². The maximum atomic E-state index is 12.4. The minimum absolute atomic E-state index is 0.0325. The summed E-state index contributed by atoms with van der Waals surface area (Å²) in [6.07, 6.45) is 1.50. The van der Waals surface area contributed by atoms with E-state index in [0.717, 1.165) is 0 Å². The maximum absolute atomic E-state index is 12.4. The van der Waals surface area contributed by atoms with Crippen LogP contribution in [0, 0.1) is 5.41 Å². The second-order valence-electron chi connectivity index (χ2n) is 6.30. The summed E-state index contributed by atoms with van der Waals surface area (Å²) in [6.45, 7) is 10.9. The van der Waals surface area contributed by atoms with Crippen LogP contribution in [0.4, 0.5) is 0 Å². The molecule has 1 aromatic heterocycles. The van der Waals surface area contributed by atoms with E-state index in [0.29, 0.717) is 17.4 Å². The summed E-state index contributed by atoms with van der Waals surface area (Å²) in [5.74, 6) is 0.637. The van der Waals surface area contributed by atoms with Gasteiger partial charge in [-0.2, -0.15) is 0 Å². The smallest absolute Gasteiger partial charge is 0.273 e. The van der Waals surface area contributed by atoms with E-state index in [-0.39, 0.29) is 22.9 Å². The third kappa shape index (κ3) is 4.46. The summed E-state index contributed by atoms with van der Waals surface area (Å²) in [5.41, 5.74) is 0.317. The van der Waals surface area contributed by atoms with Crippen LogP contribution in [0.5, 0.6) is 0 Å². The summed E-state index contributed by atoms with van der Waals surface area (Å²) in [6, 6.07) is 0. The number of carbonyl (C=O) groups is 1. The highest BCUT2D eigenvalue weighted by atomic mass is 35.5. The van der Waals surface area contributed by atoms with Crippen LogP contribution in [0.15, 0.2) is 6.20 Å². The van der Waals surface area contributed by atoms with Gasteiger partial charge in [-0.15, -0.1) is 0 Å². The Hall–Kier alpha value is -1.16. The fraction of sp³-hybridized carbons (Fsp3) is 0.643.